The third-order valence-electron chi connectivity index (χ3n) is 3.71. The number of nitrogens with zero attached hydrogens (tertiary/aromatic N) is 4. The van der Waals surface area contributed by atoms with Gasteiger partial charge in [-0.05, 0) is 18.8 Å². The average molecular weight is 278 g/mol. The highest BCUT2D eigenvalue weighted by Gasteiger charge is 2.22. The Morgan fingerprint density at radius 2 is 2.20 bits per heavy atom. The predicted octanol–water partition coefficient (Wildman–Crippen LogP) is 1.61. The van der Waals surface area contributed by atoms with E-state index in [9.17, 15) is 9.18 Å². The first-order valence-electron chi connectivity index (χ1n) is 6.57. The van der Waals surface area contributed by atoms with Crippen molar-refractivity contribution in [3.05, 3.63) is 24.3 Å². The maximum absolute atomic E-state index is 12.6. The molecule has 3 rings (SSSR count). The number of fused-ring (bicyclic) bond motifs is 1. The number of carboxylic acid groups (broad SMARTS) is 1. The Kier molecular flexibility index (Phi) is 3.25. The minimum atomic E-state index is -1.06. The highest BCUT2D eigenvalue weighted by atomic mass is 19.1. The molecule has 1 aliphatic rings. The molecule has 0 radical (unpaired) electrons. The molecule has 1 saturated heterocycles. The molecule has 0 aliphatic carbocycles. The van der Waals surface area contributed by atoms with E-state index in [2.05, 4.69) is 9.97 Å². The van der Waals surface area contributed by atoms with E-state index in [1.54, 1.807) is 16.8 Å². The van der Waals surface area contributed by atoms with E-state index < -0.39 is 5.97 Å². The number of piperidine rings is 1. The second-order valence-corrected chi connectivity index (χ2v) is 5.00. The Morgan fingerprint density at radius 3 is 2.85 bits per heavy atom. The monoisotopic (exact) mass is 278 g/mol. The second-order valence-electron chi connectivity index (χ2n) is 5.00. The number of hydrogen-bond acceptors (Lipinski definition) is 4. The number of imidazole rings is 1. The number of aromatic carboxylic acids is 1. The van der Waals surface area contributed by atoms with Crippen LogP contribution in [0.5, 0.6) is 0 Å². The highest BCUT2D eigenvalue weighted by Crippen LogP contribution is 2.25. The van der Waals surface area contributed by atoms with Crippen molar-refractivity contribution in [2.45, 2.75) is 12.8 Å². The largest absolute Gasteiger partial charge is 0.476 e. The molecule has 1 aliphatic heterocycles. The fourth-order valence-corrected chi connectivity index (χ4v) is 2.53. The standard InChI is InChI=1S/C13H15FN4O2/c14-7-9-1-4-17(5-2-9)11-12-16-10(13(19)20)8-18(12)6-3-15-11/h3,6,8-9H,1-2,4-5,7H2,(H,19,20). The summed E-state index contributed by atoms with van der Waals surface area (Å²) in [6, 6.07) is 0. The van der Waals surface area contributed by atoms with E-state index >= 15 is 0 Å². The lowest BCUT2D eigenvalue weighted by Crippen LogP contribution is -2.35. The molecule has 1 N–H and O–H groups in total. The summed E-state index contributed by atoms with van der Waals surface area (Å²) in [7, 11) is 0. The second kappa shape index (κ2) is 5.07. The minimum Gasteiger partial charge on any atom is -0.476 e. The molecule has 0 unspecified atom stereocenters. The summed E-state index contributed by atoms with van der Waals surface area (Å²) in [4.78, 5) is 21.5. The van der Waals surface area contributed by atoms with Gasteiger partial charge in [0.2, 0.25) is 0 Å². The van der Waals surface area contributed by atoms with Gasteiger partial charge in [0.25, 0.3) is 0 Å². The van der Waals surface area contributed by atoms with Crippen LogP contribution in [0.15, 0.2) is 18.6 Å². The van der Waals surface area contributed by atoms with E-state index in [4.69, 9.17) is 5.11 Å². The van der Waals surface area contributed by atoms with Gasteiger partial charge in [0.15, 0.2) is 17.2 Å². The number of anilines is 1. The number of rotatable bonds is 3. The van der Waals surface area contributed by atoms with Crippen molar-refractivity contribution in [3.8, 4) is 0 Å². The molecule has 0 aromatic carbocycles. The van der Waals surface area contributed by atoms with Crippen LogP contribution in [0, 0.1) is 5.92 Å². The summed E-state index contributed by atoms with van der Waals surface area (Å²) in [5.41, 5.74) is 0.529. The molecular formula is C13H15FN4O2. The molecule has 1 fully saturated rings. The molecule has 2 aromatic heterocycles. The zero-order valence-corrected chi connectivity index (χ0v) is 10.9. The maximum atomic E-state index is 12.6. The van der Waals surface area contributed by atoms with Gasteiger partial charge in [0.1, 0.15) is 0 Å². The lowest BCUT2D eigenvalue weighted by Gasteiger charge is -2.31. The van der Waals surface area contributed by atoms with Gasteiger partial charge in [0, 0.05) is 31.7 Å². The van der Waals surface area contributed by atoms with Crippen molar-refractivity contribution in [2.75, 3.05) is 24.7 Å². The quantitative estimate of drug-likeness (QED) is 0.923. The maximum Gasteiger partial charge on any atom is 0.356 e. The lowest BCUT2D eigenvalue weighted by molar-refractivity contribution is 0.0691. The van der Waals surface area contributed by atoms with E-state index in [1.165, 1.54) is 6.20 Å². The molecule has 20 heavy (non-hydrogen) atoms. The van der Waals surface area contributed by atoms with Crippen LogP contribution in [0.4, 0.5) is 10.2 Å². The van der Waals surface area contributed by atoms with Crippen molar-refractivity contribution in [2.24, 2.45) is 5.92 Å². The van der Waals surface area contributed by atoms with Crippen molar-refractivity contribution in [1.29, 1.82) is 0 Å². The first-order chi connectivity index (χ1) is 9.69. The van der Waals surface area contributed by atoms with Crippen molar-refractivity contribution < 1.29 is 14.3 Å². The average Bonchev–Trinajstić information content (AvgIpc) is 2.91. The number of carboxylic acids is 1. The molecule has 7 heteroatoms. The van der Waals surface area contributed by atoms with Gasteiger partial charge in [-0.15, -0.1) is 0 Å². The summed E-state index contributed by atoms with van der Waals surface area (Å²) < 4.78 is 14.3. The third-order valence-corrected chi connectivity index (χ3v) is 3.71. The summed E-state index contributed by atoms with van der Waals surface area (Å²) >= 11 is 0. The topological polar surface area (TPSA) is 70.7 Å². The highest BCUT2D eigenvalue weighted by molar-refractivity contribution is 5.87. The predicted molar refractivity (Wildman–Crippen MR) is 70.9 cm³/mol. The number of alkyl halides is 1. The summed E-state index contributed by atoms with van der Waals surface area (Å²) in [5.74, 6) is -0.270. The van der Waals surface area contributed by atoms with E-state index in [0.29, 0.717) is 11.5 Å². The van der Waals surface area contributed by atoms with E-state index in [1.807, 2.05) is 4.90 Å². The fourth-order valence-electron chi connectivity index (χ4n) is 2.53. The number of halogens is 1. The van der Waals surface area contributed by atoms with E-state index in [0.717, 1.165) is 25.9 Å². The Hall–Kier alpha value is -2.18. The number of hydrogen-bond donors (Lipinski definition) is 1. The Labute approximate surface area is 114 Å². The van der Waals surface area contributed by atoms with Crippen LogP contribution in [0.2, 0.25) is 0 Å². The van der Waals surface area contributed by atoms with Crippen molar-refractivity contribution in [1.82, 2.24) is 14.4 Å². The Morgan fingerprint density at radius 1 is 1.45 bits per heavy atom. The Balaban J connectivity index is 1.93. The zero-order chi connectivity index (χ0) is 14.1. The normalized spacial score (nSPS) is 16.8. The number of carbonyl (C=O) groups is 1. The summed E-state index contributed by atoms with van der Waals surface area (Å²) in [5, 5.41) is 9.00. The van der Waals surface area contributed by atoms with Crippen molar-refractivity contribution in [3.63, 3.8) is 0 Å². The van der Waals surface area contributed by atoms with Gasteiger partial charge in [-0.2, -0.15) is 0 Å². The molecule has 0 amide bonds. The van der Waals surface area contributed by atoms with Crippen LogP contribution in [0.25, 0.3) is 5.65 Å². The van der Waals surface area contributed by atoms with Crippen LogP contribution >= 0.6 is 0 Å². The zero-order valence-electron chi connectivity index (χ0n) is 10.9. The van der Waals surface area contributed by atoms with Gasteiger partial charge >= 0.3 is 5.97 Å². The molecule has 0 saturated carbocycles. The molecule has 2 aromatic rings. The van der Waals surface area contributed by atoms with Crippen LogP contribution in [-0.2, 0) is 0 Å². The molecule has 0 spiro atoms. The third kappa shape index (κ3) is 2.19. The van der Waals surface area contributed by atoms with Crippen LogP contribution in [0.1, 0.15) is 23.3 Å². The summed E-state index contributed by atoms with van der Waals surface area (Å²) in [6.45, 7) is 1.16. The van der Waals surface area contributed by atoms with Gasteiger partial charge in [0.05, 0.1) is 6.67 Å². The van der Waals surface area contributed by atoms with Gasteiger partial charge in [-0.25, -0.2) is 14.8 Å². The molecule has 6 nitrogen and oxygen atoms in total. The van der Waals surface area contributed by atoms with E-state index in [-0.39, 0.29) is 18.3 Å². The number of aromatic nitrogens is 3. The minimum absolute atomic E-state index is 0.00195. The van der Waals surface area contributed by atoms with Crippen LogP contribution < -0.4 is 4.90 Å². The molecule has 3 heterocycles. The SMILES string of the molecule is O=C(O)c1cn2ccnc(N3CCC(CF)CC3)c2n1. The van der Waals surface area contributed by atoms with Crippen LogP contribution in [0.3, 0.4) is 0 Å². The smallest absolute Gasteiger partial charge is 0.356 e. The van der Waals surface area contributed by atoms with Gasteiger partial charge in [-0.3, -0.25) is 4.39 Å². The first-order valence-corrected chi connectivity index (χ1v) is 6.57. The van der Waals surface area contributed by atoms with Gasteiger partial charge in [-0.1, -0.05) is 0 Å². The fraction of sp³-hybridized carbons (Fsp3) is 0.462. The molecule has 0 atom stereocenters. The first kappa shape index (κ1) is 12.8. The summed E-state index contributed by atoms with van der Waals surface area (Å²) in [6.07, 6.45) is 6.33. The Bertz CT molecular complexity index is 634. The lowest BCUT2D eigenvalue weighted by atomic mass is 9.98. The molecule has 106 valence electrons. The van der Waals surface area contributed by atoms with Crippen molar-refractivity contribution >= 4 is 17.4 Å². The van der Waals surface area contributed by atoms with Gasteiger partial charge < -0.3 is 14.4 Å². The molecular weight excluding hydrogens is 263 g/mol. The molecule has 0 bridgehead atoms. The van der Waals surface area contributed by atoms with Crippen LogP contribution in [-0.4, -0.2) is 45.2 Å².